The Morgan fingerprint density at radius 3 is 2.33 bits per heavy atom. The van der Waals surface area contributed by atoms with Crippen LogP contribution in [0.1, 0.15) is 23.6 Å². The van der Waals surface area contributed by atoms with Crippen LogP contribution in [0.4, 0.5) is 0 Å². The first-order chi connectivity index (χ1) is 7.19. The molecular weight excluding hydrogens is 186 g/mol. The van der Waals surface area contributed by atoms with Crippen LogP contribution >= 0.6 is 0 Å². The Labute approximate surface area is 91.7 Å². The second-order valence-electron chi connectivity index (χ2n) is 3.64. The van der Waals surface area contributed by atoms with Crippen molar-refractivity contribution in [2.45, 2.75) is 27.3 Å². The van der Waals surface area contributed by atoms with E-state index >= 15 is 0 Å². The topological polar surface area (TPSA) is 35.2 Å². The van der Waals surface area contributed by atoms with Gasteiger partial charge in [-0.1, -0.05) is 24.3 Å². The lowest BCUT2D eigenvalue weighted by atomic mass is 10.1. The van der Waals surface area contributed by atoms with Gasteiger partial charge in [0.2, 0.25) is 0 Å². The van der Waals surface area contributed by atoms with Gasteiger partial charge >= 0.3 is 0 Å². The summed E-state index contributed by atoms with van der Waals surface area (Å²) in [6.45, 7) is 7.30. The van der Waals surface area contributed by atoms with Crippen LogP contribution < -0.4 is 10.5 Å². The molecule has 2 nitrogen and oxygen atoms in total. The molecule has 2 N–H and O–H groups in total. The molecule has 1 aromatic rings. The number of nitrogens with two attached hydrogens (primary N) is 1. The van der Waals surface area contributed by atoms with Gasteiger partial charge in [0.05, 0.1) is 0 Å². The van der Waals surface area contributed by atoms with E-state index in [2.05, 4.69) is 26.0 Å². The van der Waals surface area contributed by atoms with E-state index < -0.39 is 0 Å². The molecule has 82 valence electrons. The van der Waals surface area contributed by atoms with Crippen molar-refractivity contribution in [3.8, 4) is 5.75 Å². The maximum atomic E-state index is 5.68. The van der Waals surface area contributed by atoms with Crippen molar-refractivity contribution in [1.82, 2.24) is 0 Å². The third-order valence-corrected chi connectivity index (χ3v) is 2.32. The van der Waals surface area contributed by atoms with Crippen LogP contribution in [0.2, 0.25) is 0 Å². The second-order valence-corrected chi connectivity index (χ2v) is 3.64. The van der Waals surface area contributed by atoms with Gasteiger partial charge in [-0.3, -0.25) is 0 Å². The van der Waals surface area contributed by atoms with Crippen molar-refractivity contribution in [2.75, 3.05) is 6.61 Å². The van der Waals surface area contributed by atoms with E-state index in [1.807, 2.05) is 19.1 Å². The SMILES string of the molecule is C/C=C/COc1c(C)cc(CN)cc1C. The van der Waals surface area contributed by atoms with Gasteiger partial charge in [-0.2, -0.15) is 0 Å². The molecule has 0 bridgehead atoms. The second kappa shape index (κ2) is 5.56. The Bertz CT molecular complexity index is 333. The number of hydrogen-bond donors (Lipinski definition) is 1. The summed E-state index contributed by atoms with van der Waals surface area (Å²) in [6, 6.07) is 4.16. The number of benzene rings is 1. The summed E-state index contributed by atoms with van der Waals surface area (Å²) in [5.74, 6) is 0.977. The van der Waals surface area contributed by atoms with Gasteiger partial charge in [-0.25, -0.2) is 0 Å². The maximum Gasteiger partial charge on any atom is 0.125 e. The van der Waals surface area contributed by atoms with Crippen molar-refractivity contribution in [3.63, 3.8) is 0 Å². The third kappa shape index (κ3) is 3.10. The summed E-state index contributed by atoms with van der Waals surface area (Å²) in [4.78, 5) is 0. The molecule has 1 rings (SSSR count). The number of rotatable bonds is 4. The van der Waals surface area contributed by atoms with E-state index in [1.165, 1.54) is 0 Å². The molecule has 0 saturated heterocycles. The molecular formula is C13H19NO. The van der Waals surface area contributed by atoms with E-state index in [0.717, 1.165) is 22.4 Å². The fourth-order valence-electron chi connectivity index (χ4n) is 1.61. The van der Waals surface area contributed by atoms with Crippen molar-refractivity contribution < 1.29 is 4.74 Å². The van der Waals surface area contributed by atoms with Crippen molar-refractivity contribution in [2.24, 2.45) is 5.73 Å². The molecule has 0 saturated carbocycles. The first kappa shape index (κ1) is 11.8. The molecule has 2 heteroatoms. The summed E-state index contributed by atoms with van der Waals surface area (Å²) in [5, 5.41) is 0. The molecule has 0 aromatic heterocycles. The molecule has 1 aromatic carbocycles. The average Bonchev–Trinajstić information content (AvgIpc) is 2.22. The summed E-state index contributed by atoms with van der Waals surface area (Å²) >= 11 is 0. The number of aryl methyl sites for hydroxylation is 2. The summed E-state index contributed by atoms with van der Waals surface area (Å²) < 4.78 is 5.68. The third-order valence-electron chi connectivity index (χ3n) is 2.32. The van der Waals surface area contributed by atoms with Crippen LogP contribution in [0.3, 0.4) is 0 Å². The molecule has 0 heterocycles. The fourth-order valence-corrected chi connectivity index (χ4v) is 1.61. The lowest BCUT2D eigenvalue weighted by molar-refractivity contribution is 0.357. The van der Waals surface area contributed by atoms with Gasteiger partial charge in [-0.15, -0.1) is 0 Å². The highest BCUT2D eigenvalue weighted by molar-refractivity contribution is 5.43. The first-order valence-electron chi connectivity index (χ1n) is 5.23. The summed E-state index contributed by atoms with van der Waals surface area (Å²) in [6.07, 6.45) is 3.98. The van der Waals surface area contributed by atoms with E-state index in [9.17, 15) is 0 Å². The van der Waals surface area contributed by atoms with E-state index in [4.69, 9.17) is 10.5 Å². The maximum absolute atomic E-state index is 5.68. The first-order valence-corrected chi connectivity index (χ1v) is 5.23. The van der Waals surface area contributed by atoms with Gasteiger partial charge in [-0.05, 0) is 37.5 Å². The minimum absolute atomic E-state index is 0.580. The van der Waals surface area contributed by atoms with Gasteiger partial charge in [0.15, 0.2) is 0 Å². The quantitative estimate of drug-likeness (QED) is 0.767. The van der Waals surface area contributed by atoms with Crippen LogP contribution in [0.25, 0.3) is 0 Å². The normalized spacial score (nSPS) is 10.9. The zero-order valence-electron chi connectivity index (χ0n) is 9.71. The highest BCUT2D eigenvalue weighted by atomic mass is 16.5. The van der Waals surface area contributed by atoms with E-state index in [0.29, 0.717) is 13.2 Å². The molecule has 0 unspecified atom stereocenters. The molecule has 0 atom stereocenters. The average molecular weight is 205 g/mol. The van der Waals surface area contributed by atoms with Crippen molar-refractivity contribution in [1.29, 1.82) is 0 Å². The van der Waals surface area contributed by atoms with Gasteiger partial charge in [0.25, 0.3) is 0 Å². The number of ether oxygens (including phenoxy) is 1. The molecule has 15 heavy (non-hydrogen) atoms. The van der Waals surface area contributed by atoms with Crippen LogP contribution in [0.5, 0.6) is 5.75 Å². The molecule has 0 aliphatic rings. The molecule has 0 amide bonds. The number of allylic oxidation sites excluding steroid dienone is 1. The lowest BCUT2D eigenvalue weighted by Gasteiger charge is -2.12. The Morgan fingerprint density at radius 1 is 1.27 bits per heavy atom. The Balaban J connectivity index is 2.88. The largest absolute Gasteiger partial charge is 0.489 e. The Kier molecular flexibility index (Phi) is 4.37. The molecule has 0 aliphatic carbocycles. The standard InChI is InChI=1S/C13H19NO/c1-4-5-6-15-13-10(2)7-12(9-14)8-11(13)3/h4-5,7-8H,6,9,14H2,1-3H3/b5-4+. The van der Waals surface area contributed by atoms with E-state index in [1.54, 1.807) is 0 Å². The minimum Gasteiger partial charge on any atom is -0.489 e. The highest BCUT2D eigenvalue weighted by Crippen LogP contribution is 2.24. The minimum atomic E-state index is 0.580. The summed E-state index contributed by atoms with van der Waals surface area (Å²) in [5.41, 5.74) is 9.07. The summed E-state index contributed by atoms with van der Waals surface area (Å²) in [7, 11) is 0. The fraction of sp³-hybridized carbons (Fsp3) is 0.385. The van der Waals surface area contributed by atoms with Gasteiger partial charge in [0, 0.05) is 6.54 Å². The van der Waals surface area contributed by atoms with Crippen LogP contribution in [0, 0.1) is 13.8 Å². The smallest absolute Gasteiger partial charge is 0.125 e. The van der Waals surface area contributed by atoms with Crippen LogP contribution in [0.15, 0.2) is 24.3 Å². The number of hydrogen-bond acceptors (Lipinski definition) is 2. The van der Waals surface area contributed by atoms with Crippen LogP contribution in [-0.2, 0) is 6.54 Å². The zero-order chi connectivity index (χ0) is 11.3. The molecule has 0 fully saturated rings. The highest BCUT2D eigenvalue weighted by Gasteiger charge is 2.04. The molecule has 0 radical (unpaired) electrons. The predicted molar refractivity (Wildman–Crippen MR) is 64.1 cm³/mol. The Morgan fingerprint density at radius 2 is 1.87 bits per heavy atom. The predicted octanol–water partition coefficient (Wildman–Crippen LogP) is 2.72. The lowest BCUT2D eigenvalue weighted by Crippen LogP contribution is -2.02. The van der Waals surface area contributed by atoms with Crippen LogP contribution in [-0.4, -0.2) is 6.61 Å². The monoisotopic (exact) mass is 205 g/mol. The molecule has 0 aliphatic heterocycles. The zero-order valence-corrected chi connectivity index (χ0v) is 9.71. The molecule has 0 spiro atoms. The van der Waals surface area contributed by atoms with Gasteiger partial charge < -0.3 is 10.5 Å². The van der Waals surface area contributed by atoms with E-state index in [-0.39, 0.29) is 0 Å². The Hall–Kier alpha value is -1.28. The van der Waals surface area contributed by atoms with Crippen molar-refractivity contribution in [3.05, 3.63) is 41.0 Å². The van der Waals surface area contributed by atoms with Gasteiger partial charge in [0.1, 0.15) is 12.4 Å². The van der Waals surface area contributed by atoms with Crippen molar-refractivity contribution >= 4 is 0 Å².